The number of rotatable bonds is 6. The summed E-state index contributed by atoms with van der Waals surface area (Å²) >= 11 is 2.82. The SMILES string of the molecule is CC(SCc1ccccc1)C(=O)Nc1ccc2c(c1)sc(=O)n2C(C)C. The van der Waals surface area contributed by atoms with Crippen LogP contribution in [0.2, 0.25) is 0 Å². The second-order valence-corrected chi connectivity index (χ2v) is 8.76. The van der Waals surface area contributed by atoms with E-state index in [1.165, 1.54) is 16.9 Å². The fraction of sp³-hybridized carbons (Fsp3) is 0.300. The maximum absolute atomic E-state index is 12.5. The number of thiazole rings is 1. The summed E-state index contributed by atoms with van der Waals surface area (Å²) in [5.74, 6) is 0.772. The number of benzene rings is 2. The molecule has 1 N–H and O–H groups in total. The molecule has 0 spiro atoms. The van der Waals surface area contributed by atoms with Crippen LogP contribution in [0.4, 0.5) is 5.69 Å². The second kappa shape index (κ2) is 8.10. The first-order valence-electron chi connectivity index (χ1n) is 8.57. The molecule has 6 heteroatoms. The quantitative estimate of drug-likeness (QED) is 0.655. The van der Waals surface area contributed by atoms with Crippen molar-refractivity contribution in [2.75, 3.05) is 5.32 Å². The molecule has 26 heavy (non-hydrogen) atoms. The van der Waals surface area contributed by atoms with Gasteiger partial charge in [-0.25, -0.2) is 0 Å². The van der Waals surface area contributed by atoms with Crippen LogP contribution in [0.1, 0.15) is 32.4 Å². The van der Waals surface area contributed by atoms with Crippen molar-refractivity contribution in [2.45, 2.75) is 37.8 Å². The first kappa shape index (κ1) is 18.7. The van der Waals surface area contributed by atoms with E-state index in [9.17, 15) is 9.59 Å². The van der Waals surface area contributed by atoms with Crippen LogP contribution >= 0.6 is 23.1 Å². The van der Waals surface area contributed by atoms with Crippen molar-refractivity contribution in [1.82, 2.24) is 4.57 Å². The molecule has 0 fully saturated rings. The molecule has 0 saturated heterocycles. The van der Waals surface area contributed by atoms with E-state index in [0.29, 0.717) is 0 Å². The molecule has 0 bridgehead atoms. The third-order valence-electron chi connectivity index (χ3n) is 4.11. The van der Waals surface area contributed by atoms with Crippen LogP contribution < -0.4 is 10.2 Å². The number of amides is 1. The summed E-state index contributed by atoms with van der Waals surface area (Å²) < 4.78 is 2.68. The van der Waals surface area contributed by atoms with E-state index in [0.717, 1.165) is 21.7 Å². The van der Waals surface area contributed by atoms with E-state index in [-0.39, 0.29) is 22.1 Å². The minimum absolute atomic E-state index is 0.0269. The highest BCUT2D eigenvalue weighted by molar-refractivity contribution is 7.99. The Morgan fingerprint density at radius 2 is 1.88 bits per heavy atom. The van der Waals surface area contributed by atoms with E-state index in [2.05, 4.69) is 17.4 Å². The Bertz CT molecular complexity index is 961. The van der Waals surface area contributed by atoms with Crippen molar-refractivity contribution >= 4 is 44.9 Å². The number of anilines is 1. The number of aromatic nitrogens is 1. The highest BCUT2D eigenvalue weighted by Crippen LogP contribution is 2.25. The zero-order chi connectivity index (χ0) is 18.7. The Balaban J connectivity index is 1.68. The summed E-state index contributed by atoms with van der Waals surface area (Å²) in [5, 5.41) is 2.80. The largest absolute Gasteiger partial charge is 0.325 e. The normalized spacial score (nSPS) is 12.5. The Labute approximate surface area is 161 Å². The van der Waals surface area contributed by atoms with E-state index in [1.807, 2.05) is 57.2 Å². The summed E-state index contributed by atoms with van der Waals surface area (Å²) in [5.41, 5.74) is 2.85. The van der Waals surface area contributed by atoms with Crippen molar-refractivity contribution < 1.29 is 4.79 Å². The van der Waals surface area contributed by atoms with Crippen LogP contribution in [0, 0.1) is 0 Å². The summed E-state index contributed by atoms with van der Waals surface area (Å²) in [7, 11) is 0. The van der Waals surface area contributed by atoms with Crippen LogP contribution in [-0.2, 0) is 10.5 Å². The molecule has 1 unspecified atom stereocenters. The zero-order valence-electron chi connectivity index (χ0n) is 15.1. The van der Waals surface area contributed by atoms with Gasteiger partial charge in [-0.1, -0.05) is 41.7 Å². The number of hydrogen-bond donors (Lipinski definition) is 1. The van der Waals surface area contributed by atoms with Gasteiger partial charge in [0.2, 0.25) is 5.91 Å². The number of nitrogens with zero attached hydrogens (tertiary/aromatic N) is 1. The van der Waals surface area contributed by atoms with Crippen molar-refractivity contribution in [2.24, 2.45) is 0 Å². The molecule has 1 atom stereocenters. The lowest BCUT2D eigenvalue weighted by Crippen LogP contribution is -2.22. The van der Waals surface area contributed by atoms with E-state index in [1.54, 1.807) is 16.3 Å². The molecule has 0 aliphatic heterocycles. The third kappa shape index (κ3) is 4.19. The van der Waals surface area contributed by atoms with Gasteiger partial charge in [-0.05, 0) is 44.5 Å². The molecule has 0 saturated carbocycles. The molecule has 2 aromatic carbocycles. The van der Waals surface area contributed by atoms with E-state index in [4.69, 9.17) is 0 Å². The predicted octanol–water partition coefficient (Wildman–Crippen LogP) is 4.90. The predicted molar refractivity (Wildman–Crippen MR) is 112 cm³/mol. The number of hydrogen-bond acceptors (Lipinski definition) is 4. The number of thioether (sulfide) groups is 1. The maximum Gasteiger partial charge on any atom is 0.308 e. The first-order valence-corrected chi connectivity index (χ1v) is 10.4. The van der Waals surface area contributed by atoms with Crippen LogP contribution in [0.5, 0.6) is 0 Å². The van der Waals surface area contributed by atoms with Crippen molar-refractivity contribution in [3.8, 4) is 0 Å². The summed E-state index contributed by atoms with van der Waals surface area (Å²) in [6.45, 7) is 5.90. The zero-order valence-corrected chi connectivity index (χ0v) is 16.7. The van der Waals surface area contributed by atoms with Gasteiger partial charge < -0.3 is 5.32 Å². The molecule has 1 amide bonds. The number of nitrogens with one attached hydrogen (secondary N) is 1. The van der Waals surface area contributed by atoms with Gasteiger partial charge in [0.05, 0.1) is 15.5 Å². The molecule has 0 aliphatic carbocycles. The Morgan fingerprint density at radius 1 is 1.15 bits per heavy atom. The second-order valence-electron chi connectivity index (χ2n) is 6.44. The number of carbonyl (C=O) groups is 1. The number of fused-ring (bicyclic) bond motifs is 1. The molecule has 0 radical (unpaired) electrons. The van der Waals surface area contributed by atoms with Gasteiger partial charge >= 0.3 is 4.87 Å². The average Bonchev–Trinajstić information content (AvgIpc) is 2.95. The monoisotopic (exact) mass is 386 g/mol. The maximum atomic E-state index is 12.5. The summed E-state index contributed by atoms with van der Waals surface area (Å²) in [6.07, 6.45) is 0. The minimum Gasteiger partial charge on any atom is -0.325 e. The molecule has 0 aliphatic rings. The van der Waals surface area contributed by atoms with Gasteiger partial charge in [0.25, 0.3) is 0 Å². The lowest BCUT2D eigenvalue weighted by atomic mass is 10.2. The minimum atomic E-state index is -0.162. The highest BCUT2D eigenvalue weighted by Gasteiger charge is 2.15. The van der Waals surface area contributed by atoms with Crippen LogP contribution in [0.25, 0.3) is 10.2 Å². The van der Waals surface area contributed by atoms with Gasteiger partial charge in [-0.2, -0.15) is 0 Å². The third-order valence-corrected chi connectivity index (χ3v) is 6.24. The van der Waals surface area contributed by atoms with Gasteiger partial charge in [0, 0.05) is 17.5 Å². The first-order chi connectivity index (χ1) is 12.5. The lowest BCUT2D eigenvalue weighted by Gasteiger charge is -2.12. The smallest absolute Gasteiger partial charge is 0.308 e. The van der Waals surface area contributed by atoms with Crippen LogP contribution in [0.15, 0.2) is 53.3 Å². The van der Waals surface area contributed by atoms with Gasteiger partial charge in [0.15, 0.2) is 0 Å². The molecule has 3 rings (SSSR count). The summed E-state index contributed by atoms with van der Waals surface area (Å²) in [6, 6.07) is 15.9. The lowest BCUT2D eigenvalue weighted by molar-refractivity contribution is -0.115. The van der Waals surface area contributed by atoms with Crippen molar-refractivity contribution in [3.05, 3.63) is 63.8 Å². The molecule has 4 nitrogen and oxygen atoms in total. The van der Waals surface area contributed by atoms with Gasteiger partial charge in [-0.15, -0.1) is 11.8 Å². The number of carbonyl (C=O) groups excluding carboxylic acids is 1. The van der Waals surface area contributed by atoms with Gasteiger partial charge in [0.1, 0.15) is 0 Å². The fourth-order valence-electron chi connectivity index (χ4n) is 2.72. The Kier molecular flexibility index (Phi) is 5.84. The Hall–Kier alpha value is -2.05. The van der Waals surface area contributed by atoms with Crippen molar-refractivity contribution in [3.63, 3.8) is 0 Å². The molecule has 1 aromatic heterocycles. The van der Waals surface area contributed by atoms with Gasteiger partial charge in [-0.3, -0.25) is 14.2 Å². The highest BCUT2D eigenvalue weighted by atomic mass is 32.2. The molecule has 3 aromatic rings. The average molecular weight is 387 g/mol. The Morgan fingerprint density at radius 3 is 2.58 bits per heavy atom. The van der Waals surface area contributed by atoms with Crippen LogP contribution in [-0.4, -0.2) is 15.7 Å². The topological polar surface area (TPSA) is 51.1 Å². The van der Waals surface area contributed by atoms with Crippen LogP contribution in [0.3, 0.4) is 0 Å². The van der Waals surface area contributed by atoms with E-state index < -0.39 is 0 Å². The molecule has 1 heterocycles. The summed E-state index contributed by atoms with van der Waals surface area (Å²) in [4.78, 5) is 24.6. The standard InChI is InChI=1S/C20H22N2O2S2/c1-13(2)22-17-10-9-16(11-18(17)26-20(22)24)21-19(23)14(3)25-12-15-7-5-4-6-8-15/h4-11,13-14H,12H2,1-3H3,(H,21,23). The molecular weight excluding hydrogens is 364 g/mol. The fourth-order valence-corrected chi connectivity index (χ4v) is 4.62. The molecular formula is C20H22N2O2S2. The van der Waals surface area contributed by atoms with Crippen molar-refractivity contribution in [1.29, 1.82) is 0 Å². The molecule has 136 valence electrons. The van der Waals surface area contributed by atoms with E-state index >= 15 is 0 Å².